The third-order valence-electron chi connectivity index (χ3n) is 5.39. The normalized spacial score (nSPS) is 10.9. The Balaban J connectivity index is 1.28. The van der Waals surface area contributed by atoms with Crippen LogP contribution >= 0.6 is 0 Å². The lowest BCUT2D eigenvalue weighted by molar-refractivity contribution is -0.137. The summed E-state index contributed by atoms with van der Waals surface area (Å²) in [6.45, 7) is 0.525. The summed E-state index contributed by atoms with van der Waals surface area (Å²) in [5.74, 6) is 7.12. The zero-order valence-corrected chi connectivity index (χ0v) is 18.5. The van der Waals surface area contributed by atoms with E-state index in [1.54, 1.807) is 12.1 Å². The molecular weight excluding hydrogens is 433 g/mol. The lowest BCUT2D eigenvalue weighted by Gasteiger charge is -2.07. The van der Waals surface area contributed by atoms with Crippen LogP contribution in [-0.4, -0.2) is 0 Å². The topological polar surface area (TPSA) is 9.23 Å². The molecule has 0 aliphatic rings. The summed E-state index contributed by atoms with van der Waals surface area (Å²) in [4.78, 5) is 0. The second-order valence-corrected chi connectivity index (χ2v) is 7.94. The molecule has 4 rings (SSSR count). The van der Waals surface area contributed by atoms with Gasteiger partial charge in [-0.3, -0.25) is 0 Å². The van der Waals surface area contributed by atoms with E-state index < -0.39 is 11.7 Å². The largest absolute Gasteiger partial charge is 0.489 e. The highest BCUT2D eigenvalue weighted by molar-refractivity contribution is 5.45. The molecule has 0 N–H and O–H groups in total. The van der Waals surface area contributed by atoms with Crippen LogP contribution in [0, 0.1) is 11.8 Å². The van der Waals surface area contributed by atoms with E-state index >= 15 is 0 Å². The first kappa shape index (κ1) is 23.2. The van der Waals surface area contributed by atoms with Crippen molar-refractivity contribution in [3.8, 4) is 17.6 Å². The fourth-order valence-corrected chi connectivity index (χ4v) is 3.42. The predicted molar refractivity (Wildman–Crippen MR) is 128 cm³/mol. The van der Waals surface area contributed by atoms with Gasteiger partial charge >= 0.3 is 6.18 Å². The number of alkyl halides is 3. The summed E-state index contributed by atoms with van der Waals surface area (Å²) in [7, 11) is 0. The van der Waals surface area contributed by atoms with E-state index in [1.807, 2.05) is 78.9 Å². The van der Waals surface area contributed by atoms with E-state index in [-0.39, 0.29) is 0 Å². The van der Waals surface area contributed by atoms with Crippen LogP contribution in [0.25, 0.3) is 0 Å². The molecule has 4 aromatic rings. The van der Waals surface area contributed by atoms with Crippen molar-refractivity contribution in [3.63, 3.8) is 0 Å². The monoisotopic (exact) mass is 456 g/mol. The van der Waals surface area contributed by atoms with Crippen LogP contribution < -0.4 is 4.74 Å². The minimum Gasteiger partial charge on any atom is -0.489 e. The number of rotatable bonds is 6. The molecule has 0 heterocycles. The average molecular weight is 457 g/mol. The Morgan fingerprint density at radius 1 is 0.559 bits per heavy atom. The molecule has 0 radical (unpaired) electrons. The van der Waals surface area contributed by atoms with Gasteiger partial charge in [-0.05, 0) is 78.1 Å². The van der Waals surface area contributed by atoms with Gasteiger partial charge in [-0.1, -0.05) is 66.4 Å². The quantitative estimate of drug-likeness (QED) is 0.274. The SMILES string of the molecule is FC(F)(F)c1ccc(CCc2ccc(C#Cc3ccc(OCc4ccccc4)cc3)cc2)cc1. The fraction of sp³-hybridized carbons (Fsp3) is 0.133. The summed E-state index contributed by atoms with van der Waals surface area (Å²) < 4.78 is 43.8. The van der Waals surface area contributed by atoms with Crippen LogP contribution in [0.4, 0.5) is 13.2 Å². The molecule has 4 heteroatoms. The molecule has 0 saturated heterocycles. The van der Waals surface area contributed by atoms with Crippen molar-refractivity contribution < 1.29 is 17.9 Å². The van der Waals surface area contributed by atoms with Gasteiger partial charge < -0.3 is 4.74 Å². The fourth-order valence-electron chi connectivity index (χ4n) is 3.42. The van der Waals surface area contributed by atoms with Crippen molar-refractivity contribution >= 4 is 0 Å². The Labute approximate surface area is 197 Å². The molecule has 0 amide bonds. The van der Waals surface area contributed by atoms with Gasteiger partial charge in [0.1, 0.15) is 12.4 Å². The number of halogens is 3. The highest BCUT2D eigenvalue weighted by Gasteiger charge is 2.29. The maximum absolute atomic E-state index is 12.7. The molecule has 0 atom stereocenters. The number of aryl methyl sites for hydroxylation is 2. The van der Waals surface area contributed by atoms with Gasteiger partial charge in [-0.2, -0.15) is 13.2 Å². The highest BCUT2D eigenvalue weighted by Crippen LogP contribution is 2.29. The van der Waals surface area contributed by atoms with Crippen LogP contribution in [0.15, 0.2) is 103 Å². The molecule has 0 spiro atoms. The first-order valence-electron chi connectivity index (χ1n) is 11.0. The van der Waals surface area contributed by atoms with Gasteiger partial charge in [-0.15, -0.1) is 0 Å². The van der Waals surface area contributed by atoms with E-state index in [1.165, 1.54) is 0 Å². The third kappa shape index (κ3) is 6.76. The molecule has 1 nitrogen and oxygen atoms in total. The van der Waals surface area contributed by atoms with E-state index in [0.717, 1.165) is 52.1 Å². The lowest BCUT2D eigenvalue weighted by atomic mass is 10.0. The number of benzene rings is 4. The molecular formula is C30H23F3O. The number of hydrogen-bond donors (Lipinski definition) is 0. The van der Waals surface area contributed by atoms with Crippen LogP contribution in [-0.2, 0) is 25.6 Å². The Hall–Kier alpha value is -3.97. The molecule has 0 aliphatic heterocycles. The van der Waals surface area contributed by atoms with Crippen LogP contribution in [0.3, 0.4) is 0 Å². The lowest BCUT2D eigenvalue weighted by Crippen LogP contribution is -2.04. The van der Waals surface area contributed by atoms with E-state index in [4.69, 9.17) is 4.74 Å². The summed E-state index contributed by atoms with van der Waals surface area (Å²) in [5, 5.41) is 0. The maximum Gasteiger partial charge on any atom is 0.416 e. The summed E-state index contributed by atoms with van der Waals surface area (Å²) in [6, 6.07) is 31.0. The second kappa shape index (κ2) is 10.8. The molecule has 0 aliphatic carbocycles. The summed E-state index contributed by atoms with van der Waals surface area (Å²) in [6.07, 6.45) is -2.86. The molecule has 0 aromatic heterocycles. The zero-order chi connectivity index (χ0) is 23.8. The molecule has 0 bridgehead atoms. The van der Waals surface area contributed by atoms with E-state index in [2.05, 4.69) is 11.8 Å². The van der Waals surface area contributed by atoms with Crippen LogP contribution in [0.5, 0.6) is 5.75 Å². The van der Waals surface area contributed by atoms with Crippen molar-refractivity contribution in [1.82, 2.24) is 0 Å². The van der Waals surface area contributed by atoms with Gasteiger partial charge in [0.15, 0.2) is 0 Å². The summed E-state index contributed by atoms with van der Waals surface area (Å²) in [5.41, 5.74) is 4.31. The van der Waals surface area contributed by atoms with Crippen LogP contribution in [0.1, 0.15) is 33.4 Å². The van der Waals surface area contributed by atoms with Crippen molar-refractivity contribution in [1.29, 1.82) is 0 Å². The molecule has 0 fully saturated rings. The van der Waals surface area contributed by atoms with Crippen molar-refractivity contribution in [3.05, 3.63) is 137 Å². The van der Waals surface area contributed by atoms with Crippen molar-refractivity contribution in [2.75, 3.05) is 0 Å². The first-order chi connectivity index (χ1) is 16.5. The molecule has 0 unspecified atom stereocenters. The zero-order valence-electron chi connectivity index (χ0n) is 18.5. The Bertz CT molecular complexity index is 1250. The van der Waals surface area contributed by atoms with Crippen LogP contribution in [0.2, 0.25) is 0 Å². The van der Waals surface area contributed by atoms with E-state index in [0.29, 0.717) is 13.0 Å². The molecule has 4 aromatic carbocycles. The average Bonchev–Trinajstić information content (AvgIpc) is 2.86. The van der Waals surface area contributed by atoms with Gasteiger partial charge in [0.05, 0.1) is 5.56 Å². The maximum atomic E-state index is 12.7. The van der Waals surface area contributed by atoms with Gasteiger partial charge in [0.2, 0.25) is 0 Å². The predicted octanol–water partition coefficient (Wildman–Crippen LogP) is 7.47. The number of hydrogen-bond acceptors (Lipinski definition) is 1. The molecule has 0 saturated carbocycles. The third-order valence-corrected chi connectivity index (χ3v) is 5.39. The van der Waals surface area contributed by atoms with Gasteiger partial charge in [0, 0.05) is 11.1 Å². The Kier molecular flexibility index (Phi) is 7.34. The highest BCUT2D eigenvalue weighted by atomic mass is 19.4. The minimum absolute atomic E-state index is 0.525. The van der Waals surface area contributed by atoms with Crippen molar-refractivity contribution in [2.45, 2.75) is 25.6 Å². The minimum atomic E-state index is -4.30. The Morgan fingerprint density at radius 3 is 1.59 bits per heavy atom. The van der Waals surface area contributed by atoms with Gasteiger partial charge in [0.25, 0.3) is 0 Å². The van der Waals surface area contributed by atoms with Gasteiger partial charge in [-0.25, -0.2) is 0 Å². The summed E-state index contributed by atoms with van der Waals surface area (Å²) >= 11 is 0. The smallest absolute Gasteiger partial charge is 0.416 e. The molecule has 34 heavy (non-hydrogen) atoms. The number of ether oxygens (including phenoxy) is 1. The first-order valence-corrected chi connectivity index (χ1v) is 11.0. The molecule has 170 valence electrons. The van der Waals surface area contributed by atoms with E-state index in [9.17, 15) is 13.2 Å². The standard InChI is InChI=1S/C30H23F3O/c31-30(32,33)28-18-14-25(15-19-28)12-10-23-6-8-24(9-7-23)11-13-26-16-20-29(21-17-26)34-22-27-4-2-1-3-5-27/h1-9,14-21H,10,12,22H2. The Morgan fingerprint density at radius 2 is 1.06 bits per heavy atom. The second-order valence-electron chi connectivity index (χ2n) is 7.94. The van der Waals surface area contributed by atoms with Crippen molar-refractivity contribution in [2.24, 2.45) is 0 Å².